The molecule has 0 aliphatic heterocycles. The fraction of sp³-hybridized carbons (Fsp3) is 0. The average Bonchev–Trinajstić information content (AvgIpc) is 2.77. The summed E-state index contributed by atoms with van der Waals surface area (Å²) in [5, 5.41) is 3.26. The standard InChI is InChI=1S/C12H4Br3ClN2S/c13-6-2-7-10(8(14)3-6)17-12(18-11(7)16)5-1-9(15)19-4-5/h1-4H. The second kappa shape index (κ2) is 5.41. The molecule has 0 amide bonds. The number of halogens is 4. The van der Waals surface area contributed by atoms with E-state index in [0.717, 1.165) is 29.2 Å². The van der Waals surface area contributed by atoms with Gasteiger partial charge in [0.1, 0.15) is 5.15 Å². The van der Waals surface area contributed by atoms with E-state index in [1.54, 1.807) is 11.3 Å². The van der Waals surface area contributed by atoms with Crippen molar-refractivity contribution in [2.45, 2.75) is 0 Å². The van der Waals surface area contributed by atoms with Gasteiger partial charge in [0.05, 0.1) is 9.30 Å². The van der Waals surface area contributed by atoms with Gasteiger partial charge >= 0.3 is 0 Å². The van der Waals surface area contributed by atoms with E-state index < -0.39 is 0 Å². The van der Waals surface area contributed by atoms with Crippen LogP contribution >= 0.6 is 70.7 Å². The Hall–Kier alpha value is -0.0100. The summed E-state index contributed by atoms with van der Waals surface area (Å²) in [6.07, 6.45) is 0. The molecule has 2 heterocycles. The van der Waals surface area contributed by atoms with Crippen LogP contribution in [0.15, 0.2) is 36.3 Å². The Morgan fingerprint density at radius 3 is 2.53 bits per heavy atom. The van der Waals surface area contributed by atoms with Crippen molar-refractivity contribution >= 4 is 81.6 Å². The van der Waals surface area contributed by atoms with Crippen molar-refractivity contribution in [3.05, 3.63) is 41.5 Å². The molecule has 0 saturated heterocycles. The van der Waals surface area contributed by atoms with Gasteiger partial charge in [-0.05, 0) is 50.1 Å². The normalized spacial score (nSPS) is 11.2. The Bertz CT molecular complexity index is 788. The molecule has 1 aromatic carbocycles. The average molecular weight is 483 g/mol. The number of fused-ring (bicyclic) bond motifs is 1. The second-order valence-electron chi connectivity index (χ2n) is 3.76. The molecule has 0 bridgehead atoms. The van der Waals surface area contributed by atoms with E-state index in [1.165, 1.54) is 0 Å². The highest BCUT2D eigenvalue weighted by molar-refractivity contribution is 9.11. The third-order valence-corrected chi connectivity index (χ3v) is 5.35. The largest absolute Gasteiger partial charge is 0.227 e. The lowest BCUT2D eigenvalue weighted by Gasteiger charge is -2.05. The van der Waals surface area contributed by atoms with Crippen molar-refractivity contribution < 1.29 is 0 Å². The van der Waals surface area contributed by atoms with Crippen LogP contribution in [0.3, 0.4) is 0 Å². The highest BCUT2D eigenvalue weighted by atomic mass is 79.9. The number of benzene rings is 1. The first-order valence-corrected chi connectivity index (χ1v) is 8.75. The molecular formula is C12H4Br3ClN2S. The van der Waals surface area contributed by atoms with Crippen LogP contribution in [0, 0.1) is 0 Å². The molecule has 0 unspecified atom stereocenters. The highest BCUT2D eigenvalue weighted by Crippen LogP contribution is 2.34. The number of hydrogen-bond acceptors (Lipinski definition) is 3. The fourth-order valence-corrected chi connectivity index (χ4v) is 4.35. The summed E-state index contributed by atoms with van der Waals surface area (Å²) >= 11 is 18.2. The second-order valence-corrected chi connectivity index (χ2v) is 8.18. The Labute approximate surface area is 143 Å². The van der Waals surface area contributed by atoms with Gasteiger partial charge in [0, 0.05) is 25.3 Å². The molecule has 2 nitrogen and oxygen atoms in total. The van der Waals surface area contributed by atoms with Crippen LogP contribution in [0.2, 0.25) is 5.15 Å². The molecule has 0 saturated carbocycles. The van der Waals surface area contributed by atoms with E-state index >= 15 is 0 Å². The van der Waals surface area contributed by atoms with Gasteiger partial charge in [0.2, 0.25) is 0 Å². The molecule has 3 aromatic rings. The lowest BCUT2D eigenvalue weighted by atomic mass is 10.2. The van der Waals surface area contributed by atoms with E-state index in [2.05, 4.69) is 57.8 Å². The molecule has 96 valence electrons. The molecule has 7 heteroatoms. The molecule has 0 N–H and O–H groups in total. The highest BCUT2D eigenvalue weighted by Gasteiger charge is 2.12. The molecule has 0 radical (unpaired) electrons. The van der Waals surface area contributed by atoms with Crippen LogP contribution in [0.4, 0.5) is 0 Å². The van der Waals surface area contributed by atoms with E-state index in [9.17, 15) is 0 Å². The summed E-state index contributed by atoms with van der Waals surface area (Å²) in [6.45, 7) is 0. The predicted molar refractivity (Wildman–Crippen MR) is 91.0 cm³/mol. The minimum atomic E-state index is 0.448. The van der Waals surface area contributed by atoms with Gasteiger partial charge in [-0.3, -0.25) is 0 Å². The molecule has 0 atom stereocenters. The van der Waals surface area contributed by atoms with Crippen molar-refractivity contribution in [2.75, 3.05) is 0 Å². The Balaban J connectivity index is 2.30. The quantitative estimate of drug-likeness (QED) is 0.380. The number of aromatic nitrogens is 2. The summed E-state index contributed by atoms with van der Waals surface area (Å²) in [4.78, 5) is 8.95. The van der Waals surface area contributed by atoms with Crippen LogP contribution in [-0.4, -0.2) is 9.97 Å². The lowest BCUT2D eigenvalue weighted by molar-refractivity contribution is 1.23. The molecule has 0 aliphatic carbocycles. The minimum absolute atomic E-state index is 0.448. The molecule has 0 spiro atoms. The van der Waals surface area contributed by atoms with E-state index in [0.29, 0.717) is 11.0 Å². The van der Waals surface area contributed by atoms with Gasteiger partial charge in [-0.15, -0.1) is 11.3 Å². The van der Waals surface area contributed by atoms with Gasteiger partial charge < -0.3 is 0 Å². The van der Waals surface area contributed by atoms with Crippen LogP contribution < -0.4 is 0 Å². The monoisotopic (exact) mass is 480 g/mol. The molecule has 19 heavy (non-hydrogen) atoms. The van der Waals surface area contributed by atoms with Gasteiger partial charge in [0.15, 0.2) is 5.82 Å². The summed E-state index contributed by atoms with van der Waals surface area (Å²) in [5.74, 6) is 0.627. The maximum Gasteiger partial charge on any atom is 0.162 e. The van der Waals surface area contributed by atoms with Gasteiger partial charge in [-0.25, -0.2) is 9.97 Å². The number of nitrogens with zero attached hydrogens (tertiary/aromatic N) is 2. The molecule has 0 aliphatic rings. The fourth-order valence-electron chi connectivity index (χ4n) is 1.68. The van der Waals surface area contributed by atoms with Crippen LogP contribution in [0.1, 0.15) is 0 Å². The smallest absolute Gasteiger partial charge is 0.162 e. The maximum atomic E-state index is 6.26. The molecule has 3 rings (SSSR count). The zero-order valence-electron chi connectivity index (χ0n) is 9.12. The first kappa shape index (κ1) is 13.9. The molecule has 0 fully saturated rings. The zero-order valence-corrected chi connectivity index (χ0v) is 15.5. The van der Waals surface area contributed by atoms with Crippen molar-refractivity contribution in [3.63, 3.8) is 0 Å². The van der Waals surface area contributed by atoms with Crippen molar-refractivity contribution in [2.24, 2.45) is 0 Å². The topological polar surface area (TPSA) is 25.8 Å². The summed E-state index contributed by atoms with van der Waals surface area (Å²) in [5.41, 5.74) is 1.76. The summed E-state index contributed by atoms with van der Waals surface area (Å²) in [6, 6.07) is 5.84. The minimum Gasteiger partial charge on any atom is -0.227 e. The molecule has 2 aromatic heterocycles. The number of hydrogen-bond donors (Lipinski definition) is 0. The number of thiophene rings is 1. The first-order valence-electron chi connectivity index (χ1n) is 5.11. The van der Waals surface area contributed by atoms with E-state index in [-0.39, 0.29) is 0 Å². The Morgan fingerprint density at radius 1 is 1.05 bits per heavy atom. The maximum absolute atomic E-state index is 6.26. The first-order chi connectivity index (χ1) is 9.04. The third-order valence-electron chi connectivity index (χ3n) is 2.50. The zero-order chi connectivity index (χ0) is 13.6. The van der Waals surface area contributed by atoms with E-state index in [4.69, 9.17) is 11.6 Å². The van der Waals surface area contributed by atoms with Crippen molar-refractivity contribution in [1.29, 1.82) is 0 Å². The lowest BCUT2D eigenvalue weighted by Crippen LogP contribution is -1.91. The van der Waals surface area contributed by atoms with Gasteiger partial charge in [-0.2, -0.15) is 0 Å². The number of rotatable bonds is 1. The van der Waals surface area contributed by atoms with Gasteiger partial charge in [-0.1, -0.05) is 27.5 Å². The van der Waals surface area contributed by atoms with Crippen LogP contribution in [0.5, 0.6) is 0 Å². The Morgan fingerprint density at radius 2 is 1.84 bits per heavy atom. The van der Waals surface area contributed by atoms with Crippen molar-refractivity contribution in [1.82, 2.24) is 9.97 Å². The predicted octanol–water partition coefficient (Wildman–Crippen LogP) is 6.30. The summed E-state index contributed by atoms with van der Waals surface area (Å²) in [7, 11) is 0. The van der Waals surface area contributed by atoms with Gasteiger partial charge in [0.25, 0.3) is 0 Å². The van der Waals surface area contributed by atoms with Crippen LogP contribution in [0.25, 0.3) is 22.3 Å². The van der Waals surface area contributed by atoms with Crippen LogP contribution in [-0.2, 0) is 0 Å². The summed E-state index contributed by atoms with van der Waals surface area (Å²) < 4.78 is 2.86. The molecular weight excluding hydrogens is 479 g/mol. The Kier molecular flexibility index (Phi) is 3.97. The SMILES string of the molecule is Clc1nc(-c2csc(Br)c2)nc2c(Br)cc(Br)cc12. The third kappa shape index (κ3) is 2.74. The van der Waals surface area contributed by atoms with E-state index in [1.807, 2.05) is 23.6 Å². The van der Waals surface area contributed by atoms with Crippen molar-refractivity contribution in [3.8, 4) is 11.4 Å².